The molecule has 0 bridgehead atoms. The predicted molar refractivity (Wildman–Crippen MR) is 99.5 cm³/mol. The number of aryl methyl sites for hydroxylation is 1. The van der Waals surface area contributed by atoms with E-state index in [1.807, 2.05) is 24.4 Å². The van der Waals surface area contributed by atoms with E-state index in [2.05, 4.69) is 52.8 Å². The molecule has 1 heterocycles. The molecule has 124 valence electrons. The highest BCUT2D eigenvalue weighted by Crippen LogP contribution is 2.15. The Hall–Kier alpha value is -2.17. The summed E-state index contributed by atoms with van der Waals surface area (Å²) in [6.45, 7) is 4.39. The first-order valence-corrected chi connectivity index (χ1v) is 9.05. The summed E-state index contributed by atoms with van der Waals surface area (Å²) in [6.07, 6.45) is 1.05. The molecule has 3 aromatic rings. The van der Waals surface area contributed by atoms with E-state index in [9.17, 15) is 0 Å². The summed E-state index contributed by atoms with van der Waals surface area (Å²) in [5.74, 6) is 0.883. The highest BCUT2D eigenvalue weighted by atomic mass is 32.1. The first-order valence-electron chi connectivity index (χ1n) is 8.17. The van der Waals surface area contributed by atoms with Crippen molar-refractivity contribution in [2.24, 2.45) is 0 Å². The molecule has 24 heavy (non-hydrogen) atoms. The fourth-order valence-corrected chi connectivity index (χ4v) is 3.04. The molecule has 0 aliphatic rings. The topological polar surface area (TPSA) is 34.1 Å². The zero-order chi connectivity index (χ0) is 16.6. The number of thiazole rings is 1. The summed E-state index contributed by atoms with van der Waals surface area (Å²) >= 11 is 1.65. The maximum absolute atomic E-state index is 5.77. The molecule has 0 saturated heterocycles. The van der Waals surface area contributed by atoms with E-state index >= 15 is 0 Å². The van der Waals surface area contributed by atoms with Gasteiger partial charge in [-0.1, -0.05) is 42.5 Å². The summed E-state index contributed by atoms with van der Waals surface area (Å²) in [5.41, 5.74) is 3.62. The standard InChI is InChI=1S/C20H22N2OS/c1-16-22-19(15-24-16)14-23-20-9-7-18(8-10-20)13-21-12-11-17-5-3-2-4-6-17/h2-10,15,21H,11-14H2,1H3. The highest BCUT2D eigenvalue weighted by Gasteiger charge is 2.00. The number of nitrogens with one attached hydrogen (secondary N) is 1. The zero-order valence-corrected chi connectivity index (χ0v) is 14.7. The minimum absolute atomic E-state index is 0.527. The molecule has 1 N–H and O–H groups in total. The van der Waals surface area contributed by atoms with Crippen molar-refractivity contribution in [3.05, 3.63) is 81.8 Å². The van der Waals surface area contributed by atoms with Gasteiger partial charge in [0.25, 0.3) is 0 Å². The van der Waals surface area contributed by atoms with Crippen LogP contribution in [0.25, 0.3) is 0 Å². The molecule has 0 unspecified atom stereocenters. The molecule has 0 atom stereocenters. The molecule has 0 spiro atoms. The van der Waals surface area contributed by atoms with Crippen molar-refractivity contribution < 1.29 is 4.74 Å². The zero-order valence-electron chi connectivity index (χ0n) is 13.9. The number of rotatable bonds is 8. The van der Waals surface area contributed by atoms with Gasteiger partial charge < -0.3 is 10.1 Å². The van der Waals surface area contributed by atoms with Gasteiger partial charge in [-0.25, -0.2) is 4.98 Å². The smallest absolute Gasteiger partial charge is 0.131 e. The fraction of sp³-hybridized carbons (Fsp3) is 0.250. The van der Waals surface area contributed by atoms with Crippen molar-refractivity contribution in [1.29, 1.82) is 0 Å². The summed E-state index contributed by atoms with van der Waals surface area (Å²) in [5, 5.41) is 6.60. The van der Waals surface area contributed by atoms with Crippen LogP contribution < -0.4 is 10.1 Å². The van der Waals surface area contributed by atoms with Crippen molar-refractivity contribution in [3.8, 4) is 5.75 Å². The molecule has 1 aromatic heterocycles. The van der Waals surface area contributed by atoms with Crippen molar-refractivity contribution in [2.75, 3.05) is 6.54 Å². The minimum atomic E-state index is 0.527. The van der Waals surface area contributed by atoms with Gasteiger partial charge in [-0.15, -0.1) is 11.3 Å². The second-order valence-corrected chi connectivity index (χ2v) is 6.77. The largest absolute Gasteiger partial charge is 0.487 e. The van der Waals surface area contributed by atoms with Gasteiger partial charge in [-0.2, -0.15) is 0 Å². The predicted octanol–water partition coefficient (Wildman–Crippen LogP) is 4.36. The van der Waals surface area contributed by atoms with Crippen molar-refractivity contribution >= 4 is 11.3 Å². The van der Waals surface area contributed by atoms with Gasteiger partial charge in [0, 0.05) is 11.9 Å². The maximum Gasteiger partial charge on any atom is 0.131 e. The summed E-state index contributed by atoms with van der Waals surface area (Å²) in [7, 11) is 0. The molecule has 0 fully saturated rings. The Morgan fingerprint density at radius 2 is 1.79 bits per heavy atom. The Morgan fingerprint density at radius 3 is 2.50 bits per heavy atom. The summed E-state index contributed by atoms with van der Waals surface area (Å²) in [4.78, 5) is 4.40. The van der Waals surface area contributed by atoms with Gasteiger partial charge in [0.05, 0.1) is 10.7 Å². The Balaban J connectivity index is 1.39. The van der Waals surface area contributed by atoms with Crippen LogP contribution in [0.4, 0.5) is 0 Å². The number of hydrogen-bond donors (Lipinski definition) is 1. The molecule has 0 aliphatic carbocycles. The van der Waals surface area contributed by atoms with Crippen LogP contribution in [0.3, 0.4) is 0 Å². The van der Waals surface area contributed by atoms with Crippen molar-refractivity contribution in [2.45, 2.75) is 26.5 Å². The first kappa shape index (κ1) is 16.7. The maximum atomic E-state index is 5.77. The molecule has 4 heteroatoms. The van der Waals surface area contributed by atoms with Crippen LogP contribution in [0, 0.1) is 6.92 Å². The Kier molecular flexibility index (Phi) is 5.99. The van der Waals surface area contributed by atoms with E-state index in [-0.39, 0.29) is 0 Å². The van der Waals surface area contributed by atoms with E-state index in [4.69, 9.17) is 4.74 Å². The van der Waals surface area contributed by atoms with Gasteiger partial charge in [0.15, 0.2) is 0 Å². The van der Waals surface area contributed by atoms with E-state index < -0.39 is 0 Å². The lowest BCUT2D eigenvalue weighted by Crippen LogP contribution is -2.16. The lowest BCUT2D eigenvalue weighted by atomic mass is 10.1. The molecule has 0 aliphatic heterocycles. The van der Waals surface area contributed by atoms with Gasteiger partial charge in [-0.05, 0) is 43.1 Å². The van der Waals surface area contributed by atoms with Crippen LogP contribution in [0.1, 0.15) is 21.8 Å². The van der Waals surface area contributed by atoms with Gasteiger partial charge in [0.2, 0.25) is 0 Å². The molecule has 0 radical (unpaired) electrons. The van der Waals surface area contributed by atoms with Crippen LogP contribution >= 0.6 is 11.3 Å². The molecular formula is C20H22N2OS. The number of hydrogen-bond acceptors (Lipinski definition) is 4. The molecule has 2 aromatic carbocycles. The van der Waals surface area contributed by atoms with Gasteiger partial charge in [-0.3, -0.25) is 0 Å². The van der Waals surface area contributed by atoms with Crippen molar-refractivity contribution in [1.82, 2.24) is 10.3 Å². The van der Waals surface area contributed by atoms with E-state index in [0.29, 0.717) is 6.61 Å². The molecule has 0 saturated carbocycles. The molecule has 0 amide bonds. The molecule has 3 nitrogen and oxygen atoms in total. The van der Waals surface area contributed by atoms with Crippen LogP contribution in [0.2, 0.25) is 0 Å². The van der Waals surface area contributed by atoms with E-state index in [1.165, 1.54) is 11.1 Å². The van der Waals surface area contributed by atoms with Crippen LogP contribution in [0.5, 0.6) is 5.75 Å². The second kappa shape index (κ2) is 8.62. The molecule has 3 rings (SSSR count). The highest BCUT2D eigenvalue weighted by molar-refractivity contribution is 7.09. The third-order valence-corrected chi connectivity index (χ3v) is 4.56. The lowest BCUT2D eigenvalue weighted by molar-refractivity contribution is 0.302. The third-order valence-electron chi connectivity index (χ3n) is 3.74. The average Bonchev–Trinajstić information content (AvgIpc) is 3.04. The van der Waals surface area contributed by atoms with E-state index in [0.717, 1.165) is 36.0 Å². The van der Waals surface area contributed by atoms with Crippen molar-refractivity contribution in [3.63, 3.8) is 0 Å². The Morgan fingerprint density at radius 1 is 1.00 bits per heavy atom. The van der Waals surface area contributed by atoms with E-state index in [1.54, 1.807) is 11.3 Å². The van der Waals surface area contributed by atoms with Crippen LogP contribution in [-0.2, 0) is 19.6 Å². The summed E-state index contributed by atoms with van der Waals surface area (Å²) in [6, 6.07) is 18.8. The number of benzene rings is 2. The van der Waals surface area contributed by atoms with Crippen LogP contribution in [0.15, 0.2) is 60.0 Å². The first-order chi connectivity index (χ1) is 11.8. The Bertz CT molecular complexity index is 738. The monoisotopic (exact) mass is 338 g/mol. The SMILES string of the molecule is Cc1nc(COc2ccc(CNCCc3ccccc3)cc2)cs1. The van der Waals surface area contributed by atoms with Gasteiger partial charge >= 0.3 is 0 Å². The summed E-state index contributed by atoms with van der Waals surface area (Å²) < 4.78 is 5.77. The molecular weight excluding hydrogens is 316 g/mol. The lowest BCUT2D eigenvalue weighted by Gasteiger charge is -2.07. The number of aromatic nitrogens is 1. The Labute approximate surface area is 147 Å². The quantitative estimate of drug-likeness (QED) is 0.620. The van der Waals surface area contributed by atoms with Gasteiger partial charge in [0.1, 0.15) is 12.4 Å². The normalized spacial score (nSPS) is 10.7. The average molecular weight is 338 g/mol. The third kappa shape index (κ3) is 5.18. The number of nitrogens with zero attached hydrogens (tertiary/aromatic N) is 1. The number of ether oxygens (including phenoxy) is 1. The minimum Gasteiger partial charge on any atom is -0.487 e. The fourth-order valence-electron chi connectivity index (χ4n) is 2.45. The van der Waals surface area contributed by atoms with Crippen LogP contribution in [-0.4, -0.2) is 11.5 Å². The second-order valence-electron chi connectivity index (χ2n) is 5.70.